The molecule has 0 bridgehead atoms. The molecule has 0 amide bonds. The lowest BCUT2D eigenvalue weighted by atomic mass is 10.2. The molecule has 74 valence electrons. The summed E-state index contributed by atoms with van der Waals surface area (Å²) in [6.45, 7) is 0. The Hall–Kier alpha value is -1.95. The minimum atomic E-state index is -0.594. The van der Waals surface area contributed by atoms with E-state index in [4.69, 9.17) is 0 Å². The van der Waals surface area contributed by atoms with Crippen LogP contribution in [0.3, 0.4) is 0 Å². The Morgan fingerprint density at radius 3 is 2.71 bits per heavy atom. The number of hydrogen-bond donors (Lipinski definition) is 0. The lowest BCUT2D eigenvalue weighted by molar-refractivity contribution is -0.384. The Kier molecular flexibility index (Phi) is 3.14. The lowest BCUT2D eigenvalue weighted by Crippen LogP contribution is -1.96. The number of carbonyl (C=O) groups is 1. The van der Waals surface area contributed by atoms with Crippen LogP contribution < -0.4 is 4.89 Å². The van der Waals surface area contributed by atoms with Crippen molar-refractivity contribution in [2.45, 2.75) is 0 Å². The van der Waals surface area contributed by atoms with Gasteiger partial charge in [-0.3, -0.25) is 14.9 Å². The van der Waals surface area contributed by atoms with Crippen molar-refractivity contribution < 1.29 is 19.5 Å². The summed E-state index contributed by atoms with van der Waals surface area (Å²) in [5.74, 6) is 0.146. The number of nitrogens with zero attached hydrogens (tertiary/aromatic N) is 1. The first-order valence-electron chi connectivity index (χ1n) is 3.63. The Morgan fingerprint density at radius 1 is 1.50 bits per heavy atom. The molecule has 0 unspecified atom stereocenters. The Balaban J connectivity index is 3.11. The molecule has 0 N–H and O–H groups in total. The van der Waals surface area contributed by atoms with E-state index in [9.17, 15) is 14.9 Å². The van der Waals surface area contributed by atoms with Crippen molar-refractivity contribution >= 4 is 12.0 Å². The number of rotatable bonds is 4. The van der Waals surface area contributed by atoms with Crippen LogP contribution in [0.1, 0.15) is 10.4 Å². The molecule has 0 heterocycles. The number of benzene rings is 1. The number of aldehydes is 1. The highest BCUT2D eigenvalue weighted by Crippen LogP contribution is 2.22. The third kappa shape index (κ3) is 2.05. The van der Waals surface area contributed by atoms with E-state index in [0.29, 0.717) is 6.29 Å². The van der Waals surface area contributed by atoms with E-state index >= 15 is 0 Å². The molecule has 0 fully saturated rings. The molecule has 0 saturated carbocycles. The maximum atomic E-state index is 10.5. The fourth-order valence-electron chi connectivity index (χ4n) is 0.907. The van der Waals surface area contributed by atoms with E-state index in [2.05, 4.69) is 9.78 Å². The summed E-state index contributed by atoms with van der Waals surface area (Å²) < 4.78 is 0. The first-order valence-corrected chi connectivity index (χ1v) is 3.63. The second-order valence-corrected chi connectivity index (χ2v) is 2.35. The fraction of sp³-hybridized carbons (Fsp3) is 0.125. The van der Waals surface area contributed by atoms with Gasteiger partial charge in [0.2, 0.25) is 0 Å². The number of non-ortho nitro benzene ring substituents is 1. The topological polar surface area (TPSA) is 78.7 Å². The van der Waals surface area contributed by atoms with Crippen LogP contribution in [-0.4, -0.2) is 18.3 Å². The molecule has 6 nitrogen and oxygen atoms in total. The third-order valence-corrected chi connectivity index (χ3v) is 1.50. The molecule has 1 rings (SSSR count). The highest BCUT2D eigenvalue weighted by atomic mass is 17.2. The zero-order valence-corrected chi connectivity index (χ0v) is 7.30. The van der Waals surface area contributed by atoms with Crippen molar-refractivity contribution in [1.29, 1.82) is 0 Å². The van der Waals surface area contributed by atoms with Gasteiger partial charge >= 0.3 is 0 Å². The normalized spacial score (nSPS) is 9.50. The number of carbonyl (C=O) groups excluding carboxylic acids is 1. The highest BCUT2D eigenvalue weighted by Gasteiger charge is 2.11. The minimum Gasteiger partial charge on any atom is -0.337 e. The molecular weight excluding hydrogens is 190 g/mol. The molecule has 0 saturated heterocycles. The smallest absolute Gasteiger partial charge is 0.270 e. The summed E-state index contributed by atoms with van der Waals surface area (Å²) >= 11 is 0. The van der Waals surface area contributed by atoms with E-state index < -0.39 is 4.92 Å². The summed E-state index contributed by atoms with van der Waals surface area (Å²) in [5, 5.41) is 10.4. The molecule has 14 heavy (non-hydrogen) atoms. The second-order valence-electron chi connectivity index (χ2n) is 2.35. The van der Waals surface area contributed by atoms with Crippen molar-refractivity contribution in [2.24, 2.45) is 0 Å². The Bertz CT molecular complexity index is 363. The van der Waals surface area contributed by atoms with Crippen molar-refractivity contribution in [3.05, 3.63) is 33.9 Å². The monoisotopic (exact) mass is 197 g/mol. The first-order chi connectivity index (χ1) is 6.69. The van der Waals surface area contributed by atoms with Gasteiger partial charge in [-0.05, 0) is 6.07 Å². The molecule has 0 radical (unpaired) electrons. The molecule has 1 aromatic carbocycles. The van der Waals surface area contributed by atoms with Crippen molar-refractivity contribution in [2.75, 3.05) is 7.11 Å². The SMILES string of the molecule is COOc1ccc([N+](=O)[O-])cc1C=O. The van der Waals surface area contributed by atoms with Gasteiger partial charge in [-0.15, -0.1) is 0 Å². The van der Waals surface area contributed by atoms with E-state index in [1.54, 1.807) is 0 Å². The van der Waals surface area contributed by atoms with Gasteiger partial charge in [-0.25, -0.2) is 0 Å². The predicted octanol–water partition coefficient (Wildman–Crippen LogP) is 1.35. The van der Waals surface area contributed by atoms with Crippen LogP contribution in [0, 0.1) is 10.1 Å². The highest BCUT2D eigenvalue weighted by molar-refractivity contribution is 5.80. The molecule has 0 spiro atoms. The molecule has 0 aliphatic heterocycles. The molecule has 0 aliphatic rings. The van der Waals surface area contributed by atoms with Crippen LogP contribution in [0.5, 0.6) is 5.75 Å². The summed E-state index contributed by atoms with van der Waals surface area (Å²) in [4.78, 5) is 29.2. The quantitative estimate of drug-likeness (QED) is 0.315. The third-order valence-electron chi connectivity index (χ3n) is 1.50. The van der Waals surface area contributed by atoms with Crippen LogP contribution in [0.4, 0.5) is 5.69 Å². The van der Waals surface area contributed by atoms with Crippen molar-refractivity contribution in [3.63, 3.8) is 0 Å². The van der Waals surface area contributed by atoms with Gasteiger partial charge in [0.1, 0.15) is 0 Å². The second kappa shape index (κ2) is 4.33. The zero-order valence-electron chi connectivity index (χ0n) is 7.30. The van der Waals surface area contributed by atoms with Gasteiger partial charge in [-0.2, -0.15) is 4.89 Å². The standard InChI is InChI=1S/C8H7NO5/c1-13-14-8-3-2-7(9(11)12)4-6(8)5-10/h2-5H,1H3. The van der Waals surface area contributed by atoms with E-state index in [0.717, 1.165) is 6.07 Å². The summed E-state index contributed by atoms with van der Waals surface area (Å²) in [7, 11) is 1.27. The van der Waals surface area contributed by atoms with Crippen molar-refractivity contribution in [3.8, 4) is 5.75 Å². The average molecular weight is 197 g/mol. The molecule has 1 aromatic rings. The van der Waals surface area contributed by atoms with Gasteiger partial charge in [0, 0.05) is 12.1 Å². The van der Waals surface area contributed by atoms with Crippen LogP contribution >= 0.6 is 0 Å². The molecule has 0 atom stereocenters. The number of nitro benzene ring substituents is 1. The van der Waals surface area contributed by atoms with E-state index in [1.807, 2.05) is 0 Å². The van der Waals surface area contributed by atoms with Gasteiger partial charge < -0.3 is 4.89 Å². The maximum Gasteiger partial charge on any atom is 0.270 e. The van der Waals surface area contributed by atoms with Gasteiger partial charge in [0.25, 0.3) is 5.69 Å². The largest absolute Gasteiger partial charge is 0.337 e. The van der Waals surface area contributed by atoms with Crippen molar-refractivity contribution in [1.82, 2.24) is 0 Å². The predicted molar refractivity (Wildman–Crippen MR) is 46.1 cm³/mol. The zero-order chi connectivity index (χ0) is 10.6. The van der Waals surface area contributed by atoms with Gasteiger partial charge in [0.15, 0.2) is 12.0 Å². The van der Waals surface area contributed by atoms with Crippen LogP contribution in [-0.2, 0) is 4.89 Å². The number of nitro groups is 1. The minimum absolute atomic E-state index is 0.0704. The molecule has 6 heteroatoms. The summed E-state index contributed by atoms with van der Waals surface area (Å²) in [6, 6.07) is 3.63. The number of hydrogen-bond acceptors (Lipinski definition) is 5. The van der Waals surface area contributed by atoms with Crippen LogP contribution in [0.25, 0.3) is 0 Å². The Labute approximate surface area is 79.1 Å². The molecule has 0 aliphatic carbocycles. The van der Waals surface area contributed by atoms with Crippen LogP contribution in [0.2, 0.25) is 0 Å². The first kappa shape index (κ1) is 10.1. The summed E-state index contributed by atoms with van der Waals surface area (Å²) in [5.41, 5.74) is -0.100. The summed E-state index contributed by atoms with van der Waals surface area (Å²) in [6.07, 6.45) is 0.460. The van der Waals surface area contributed by atoms with E-state index in [-0.39, 0.29) is 17.0 Å². The van der Waals surface area contributed by atoms with E-state index in [1.165, 1.54) is 19.2 Å². The molecule has 0 aromatic heterocycles. The fourth-order valence-corrected chi connectivity index (χ4v) is 0.907. The Morgan fingerprint density at radius 2 is 2.21 bits per heavy atom. The van der Waals surface area contributed by atoms with Gasteiger partial charge in [0.05, 0.1) is 17.6 Å². The lowest BCUT2D eigenvalue weighted by Gasteiger charge is -2.02. The van der Waals surface area contributed by atoms with Crippen LogP contribution in [0.15, 0.2) is 18.2 Å². The van der Waals surface area contributed by atoms with Gasteiger partial charge in [-0.1, -0.05) is 0 Å². The molecular formula is C8H7NO5. The maximum absolute atomic E-state index is 10.5. The average Bonchev–Trinajstić information content (AvgIpc) is 2.18.